The molecule has 0 saturated carbocycles. The molecule has 0 fully saturated rings. The van der Waals surface area contributed by atoms with Crippen LogP contribution in [0.2, 0.25) is 0 Å². The van der Waals surface area contributed by atoms with Gasteiger partial charge >= 0.3 is 0 Å². The van der Waals surface area contributed by atoms with Crippen LogP contribution in [0.3, 0.4) is 0 Å². The van der Waals surface area contributed by atoms with Gasteiger partial charge in [-0.05, 0) is 29.0 Å². The number of anilines is 2. The minimum atomic E-state index is 0.472. The van der Waals surface area contributed by atoms with Crippen LogP contribution in [0.15, 0.2) is 54.7 Å². The van der Waals surface area contributed by atoms with Crippen LogP contribution in [0.1, 0.15) is 5.56 Å². The molecule has 3 aromatic rings. The highest BCUT2D eigenvalue weighted by Crippen LogP contribution is 2.22. The summed E-state index contributed by atoms with van der Waals surface area (Å²) in [6, 6.07) is 17.8. The third kappa shape index (κ3) is 2.22. The quantitative estimate of drug-likeness (QED) is 0.754. The number of rotatable bonds is 2. The van der Waals surface area contributed by atoms with Gasteiger partial charge in [0.2, 0.25) is 0 Å². The average molecular weight is 246 g/mol. The molecule has 0 bridgehead atoms. The monoisotopic (exact) mass is 246 g/mol. The van der Waals surface area contributed by atoms with Crippen molar-refractivity contribution in [2.24, 2.45) is 0 Å². The molecule has 4 heteroatoms. The molecule has 0 spiro atoms. The normalized spacial score (nSPS) is 10.1. The summed E-state index contributed by atoms with van der Waals surface area (Å²) in [6.07, 6.45) is 1.50. The number of hydrogen-bond acceptors (Lipinski definition) is 4. The summed E-state index contributed by atoms with van der Waals surface area (Å²) < 4.78 is 0. The van der Waals surface area contributed by atoms with Gasteiger partial charge < -0.3 is 5.32 Å². The number of nitrogens with one attached hydrogen (secondary N) is 1. The van der Waals surface area contributed by atoms with Gasteiger partial charge in [0.15, 0.2) is 5.82 Å². The molecule has 1 heterocycles. The zero-order valence-corrected chi connectivity index (χ0v) is 10.0. The molecule has 1 N–H and O–H groups in total. The van der Waals surface area contributed by atoms with Gasteiger partial charge in [-0.3, -0.25) is 0 Å². The van der Waals surface area contributed by atoms with Crippen molar-refractivity contribution in [3.05, 3.63) is 60.3 Å². The fourth-order valence-electron chi connectivity index (χ4n) is 1.92. The van der Waals surface area contributed by atoms with Gasteiger partial charge in [-0.2, -0.15) is 10.4 Å². The Morgan fingerprint density at radius 3 is 2.68 bits per heavy atom. The summed E-state index contributed by atoms with van der Waals surface area (Å²) in [5.74, 6) is 0.472. The van der Waals surface area contributed by atoms with E-state index in [1.54, 1.807) is 6.07 Å². The fraction of sp³-hybridized carbons (Fsp3) is 0. The Kier molecular flexibility index (Phi) is 2.79. The van der Waals surface area contributed by atoms with Gasteiger partial charge in [-0.15, -0.1) is 5.10 Å². The van der Waals surface area contributed by atoms with Gasteiger partial charge in [0.1, 0.15) is 6.07 Å². The molecule has 0 unspecified atom stereocenters. The highest BCUT2D eigenvalue weighted by atomic mass is 15.2. The van der Waals surface area contributed by atoms with Gasteiger partial charge in [0, 0.05) is 5.69 Å². The van der Waals surface area contributed by atoms with E-state index in [1.165, 1.54) is 11.6 Å². The van der Waals surface area contributed by atoms with Crippen LogP contribution in [0.4, 0.5) is 11.5 Å². The number of aromatic nitrogens is 2. The summed E-state index contributed by atoms with van der Waals surface area (Å²) in [7, 11) is 0. The van der Waals surface area contributed by atoms with Gasteiger partial charge in [0.25, 0.3) is 0 Å². The summed E-state index contributed by atoms with van der Waals surface area (Å²) >= 11 is 0. The lowest BCUT2D eigenvalue weighted by Crippen LogP contribution is -1.98. The molecular formula is C15H10N4. The van der Waals surface area contributed by atoms with Crippen LogP contribution in [-0.4, -0.2) is 10.2 Å². The van der Waals surface area contributed by atoms with E-state index in [4.69, 9.17) is 5.26 Å². The van der Waals surface area contributed by atoms with Crippen LogP contribution in [0.5, 0.6) is 0 Å². The zero-order chi connectivity index (χ0) is 13.1. The van der Waals surface area contributed by atoms with E-state index in [-0.39, 0.29) is 0 Å². The first kappa shape index (κ1) is 11.2. The molecule has 0 saturated heterocycles. The van der Waals surface area contributed by atoms with E-state index >= 15 is 0 Å². The van der Waals surface area contributed by atoms with E-state index in [2.05, 4.69) is 27.6 Å². The lowest BCUT2D eigenvalue weighted by atomic mass is 10.1. The minimum absolute atomic E-state index is 0.472. The van der Waals surface area contributed by atoms with Crippen LogP contribution in [-0.2, 0) is 0 Å². The highest BCUT2D eigenvalue weighted by Gasteiger charge is 2.04. The molecule has 19 heavy (non-hydrogen) atoms. The van der Waals surface area contributed by atoms with E-state index in [1.807, 2.05) is 36.4 Å². The second-order valence-electron chi connectivity index (χ2n) is 4.09. The maximum atomic E-state index is 9.01. The first-order chi connectivity index (χ1) is 9.36. The van der Waals surface area contributed by atoms with Crippen molar-refractivity contribution in [3.8, 4) is 6.07 Å². The fourth-order valence-corrected chi connectivity index (χ4v) is 1.92. The number of fused-ring (bicyclic) bond motifs is 1. The topological polar surface area (TPSA) is 61.6 Å². The Hall–Kier alpha value is -2.93. The number of nitriles is 1. The maximum absolute atomic E-state index is 9.01. The zero-order valence-electron chi connectivity index (χ0n) is 10.0. The molecule has 0 aliphatic rings. The minimum Gasteiger partial charge on any atom is -0.338 e. The summed E-state index contributed by atoms with van der Waals surface area (Å²) in [5, 5.41) is 22.2. The van der Waals surface area contributed by atoms with Gasteiger partial charge in [0.05, 0.1) is 11.8 Å². The Bertz CT molecular complexity index is 774. The molecule has 3 rings (SSSR count). The van der Waals surface area contributed by atoms with Crippen LogP contribution in [0, 0.1) is 11.3 Å². The number of benzene rings is 2. The molecule has 0 aliphatic heterocycles. The predicted molar refractivity (Wildman–Crippen MR) is 74.0 cm³/mol. The second kappa shape index (κ2) is 4.75. The third-order valence-corrected chi connectivity index (χ3v) is 2.85. The van der Waals surface area contributed by atoms with Crippen LogP contribution >= 0.6 is 0 Å². The molecule has 1 aromatic heterocycles. The Morgan fingerprint density at radius 2 is 1.84 bits per heavy atom. The highest BCUT2D eigenvalue weighted by molar-refractivity contribution is 5.86. The van der Waals surface area contributed by atoms with E-state index < -0.39 is 0 Å². The van der Waals surface area contributed by atoms with E-state index in [0.29, 0.717) is 11.4 Å². The van der Waals surface area contributed by atoms with Crippen LogP contribution < -0.4 is 5.32 Å². The van der Waals surface area contributed by atoms with Gasteiger partial charge in [-0.25, -0.2) is 0 Å². The van der Waals surface area contributed by atoms with Crippen molar-refractivity contribution in [2.45, 2.75) is 0 Å². The van der Waals surface area contributed by atoms with E-state index in [9.17, 15) is 0 Å². The molecule has 2 aromatic carbocycles. The third-order valence-electron chi connectivity index (χ3n) is 2.85. The Morgan fingerprint density at radius 1 is 1.00 bits per heavy atom. The number of hydrogen-bond donors (Lipinski definition) is 1. The largest absolute Gasteiger partial charge is 0.338 e. The standard InChI is InChI=1S/C15H10N4/c16-10-13-7-8-17-19-15(13)18-14-6-5-11-3-1-2-4-12(11)9-14/h1-9H,(H,18,19). The van der Waals surface area contributed by atoms with Crippen molar-refractivity contribution in [1.29, 1.82) is 5.26 Å². The van der Waals surface area contributed by atoms with Gasteiger partial charge in [-0.1, -0.05) is 30.3 Å². The smallest absolute Gasteiger partial charge is 0.171 e. The van der Waals surface area contributed by atoms with Crippen molar-refractivity contribution >= 4 is 22.3 Å². The first-order valence-electron chi connectivity index (χ1n) is 5.84. The molecule has 0 atom stereocenters. The number of nitrogens with zero attached hydrogens (tertiary/aromatic N) is 3. The lowest BCUT2D eigenvalue weighted by molar-refractivity contribution is 1.03. The molecule has 90 valence electrons. The Labute approximate surface area is 110 Å². The molecule has 0 aliphatic carbocycles. The summed E-state index contributed by atoms with van der Waals surface area (Å²) in [6.45, 7) is 0. The SMILES string of the molecule is N#Cc1ccnnc1Nc1ccc2ccccc2c1. The molecule has 0 amide bonds. The summed E-state index contributed by atoms with van der Waals surface area (Å²) in [5.41, 5.74) is 1.36. The molecule has 4 nitrogen and oxygen atoms in total. The molecule has 0 radical (unpaired) electrons. The van der Waals surface area contributed by atoms with Crippen molar-refractivity contribution in [3.63, 3.8) is 0 Å². The molecular weight excluding hydrogens is 236 g/mol. The average Bonchev–Trinajstić information content (AvgIpc) is 2.48. The summed E-state index contributed by atoms with van der Waals surface area (Å²) in [4.78, 5) is 0. The van der Waals surface area contributed by atoms with E-state index in [0.717, 1.165) is 11.1 Å². The van der Waals surface area contributed by atoms with Crippen molar-refractivity contribution in [1.82, 2.24) is 10.2 Å². The van der Waals surface area contributed by atoms with Crippen molar-refractivity contribution < 1.29 is 0 Å². The lowest BCUT2D eigenvalue weighted by Gasteiger charge is -2.07. The van der Waals surface area contributed by atoms with Crippen LogP contribution in [0.25, 0.3) is 10.8 Å². The maximum Gasteiger partial charge on any atom is 0.171 e. The van der Waals surface area contributed by atoms with Crippen molar-refractivity contribution in [2.75, 3.05) is 5.32 Å². The first-order valence-corrected chi connectivity index (χ1v) is 5.84. The Balaban J connectivity index is 1.99. The predicted octanol–water partition coefficient (Wildman–Crippen LogP) is 3.25. The second-order valence-corrected chi connectivity index (χ2v) is 4.09.